The van der Waals surface area contributed by atoms with Crippen LogP contribution in [0, 0.1) is 11.3 Å². The first-order valence-electron chi connectivity index (χ1n) is 5.76. The summed E-state index contributed by atoms with van der Waals surface area (Å²) in [6, 6.07) is 3.73. The molecule has 6 nitrogen and oxygen atoms in total. The molecule has 0 spiro atoms. The lowest BCUT2D eigenvalue weighted by molar-refractivity contribution is 0.274. The Kier molecular flexibility index (Phi) is 2.95. The van der Waals surface area contributed by atoms with E-state index in [2.05, 4.69) is 53.6 Å². The number of rotatable bonds is 3. The second-order valence-electron chi connectivity index (χ2n) is 5.39. The van der Waals surface area contributed by atoms with Gasteiger partial charge >= 0.3 is 0 Å². The average Bonchev–Trinajstić information content (AvgIpc) is 2.71. The number of hydrogen-bond donors (Lipinski definition) is 1. The highest BCUT2D eigenvalue weighted by atomic mass is 15.6. The molecule has 2 rings (SSSR count). The highest BCUT2D eigenvalue weighted by molar-refractivity contribution is 5.42. The molecular formula is C11H18N6. The van der Waals surface area contributed by atoms with Crippen LogP contribution >= 0.6 is 0 Å². The van der Waals surface area contributed by atoms with E-state index in [1.807, 2.05) is 12.1 Å². The Hall–Kier alpha value is -1.72. The summed E-state index contributed by atoms with van der Waals surface area (Å²) in [4.78, 5) is 0. The lowest BCUT2D eigenvalue weighted by atomic mass is 9.82. The Labute approximate surface area is 100 Å². The second-order valence-corrected chi connectivity index (χ2v) is 5.39. The van der Waals surface area contributed by atoms with Crippen molar-refractivity contribution >= 4 is 11.5 Å². The summed E-state index contributed by atoms with van der Waals surface area (Å²) in [6.07, 6.45) is 0. The average molecular weight is 234 g/mol. The summed E-state index contributed by atoms with van der Waals surface area (Å²) in [5.74, 6) is 1.34. The third-order valence-corrected chi connectivity index (χ3v) is 3.14. The van der Waals surface area contributed by atoms with Gasteiger partial charge in [0.1, 0.15) is 5.82 Å². The van der Waals surface area contributed by atoms with Gasteiger partial charge < -0.3 is 5.32 Å². The van der Waals surface area contributed by atoms with E-state index in [0.29, 0.717) is 11.6 Å². The summed E-state index contributed by atoms with van der Waals surface area (Å²) in [7, 11) is 0. The van der Waals surface area contributed by atoms with Crippen LogP contribution in [0.1, 0.15) is 27.7 Å². The van der Waals surface area contributed by atoms with Crippen LogP contribution in [0.4, 0.5) is 5.82 Å². The van der Waals surface area contributed by atoms with Crippen LogP contribution in [0.2, 0.25) is 0 Å². The lowest BCUT2D eigenvalue weighted by Gasteiger charge is -2.27. The predicted octanol–water partition coefficient (Wildman–Crippen LogP) is 1.61. The zero-order chi connectivity index (χ0) is 12.5. The van der Waals surface area contributed by atoms with Crippen molar-refractivity contribution < 1.29 is 0 Å². The molecule has 0 saturated carbocycles. The molecule has 92 valence electrons. The molecule has 0 aliphatic rings. The summed E-state index contributed by atoms with van der Waals surface area (Å²) in [5.41, 5.74) is 0.936. The summed E-state index contributed by atoms with van der Waals surface area (Å²) >= 11 is 0. The fourth-order valence-corrected chi connectivity index (χ4v) is 1.31. The van der Waals surface area contributed by atoms with Gasteiger partial charge in [0.25, 0.3) is 0 Å². The molecule has 6 heteroatoms. The van der Waals surface area contributed by atoms with Crippen LogP contribution in [0.25, 0.3) is 5.65 Å². The molecule has 0 aliphatic carbocycles. The predicted molar refractivity (Wildman–Crippen MR) is 65.7 cm³/mol. The van der Waals surface area contributed by atoms with Gasteiger partial charge in [0.2, 0.25) is 0 Å². The minimum atomic E-state index is 0.284. The smallest absolute Gasteiger partial charge is 0.200 e. The summed E-state index contributed by atoms with van der Waals surface area (Å²) in [6.45, 7) is 9.80. The van der Waals surface area contributed by atoms with Gasteiger partial charge in [-0.05, 0) is 33.9 Å². The molecule has 0 saturated heterocycles. The Balaban J connectivity index is 2.03. The van der Waals surface area contributed by atoms with Crippen LogP contribution < -0.4 is 5.32 Å². The van der Waals surface area contributed by atoms with Crippen LogP contribution in [0.15, 0.2) is 12.1 Å². The second kappa shape index (κ2) is 4.27. The van der Waals surface area contributed by atoms with E-state index in [9.17, 15) is 0 Å². The Bertz CT molecular complexity index is 498. The van der Waals surface area contributed by atoms with Crippen molar-refractivity contribution in [1.82, 2.24) is 25.3 Å². The number of nitrogens with one attached hydrogen (secondary N) is 1. The number of hydrogen-bond acceptors (Lipinski definition) is 5. The molecule has 0 amide bonds. The number of tetrazole rings is 1. The molecule has 2 aromatic rings. The quantitative estimate of drug-likeness (QED) is 0.874. The van der Waals surface area contributed by atoms with E-state index < -0.39 is 0 Å². The number of aromatic nitrogens is 5. The lowest BCUT2D eigenvalue weighted by Crippen LogP contribution is -2.25. The highest BCUT2D eigenvalue weighted by Gasteiger charge is 2.19. The maximum absolute atomic E-state index is 4.26. The van der Waals surface area contributed by atoms with Crippen molar-refractivity contribution in [3.63, 3.8) is 0 Å². The zero-order valence-corrected chi connectivity index (χ0v) is 10.7. The van der Waals surface area contributed by atoms with Gasteiger partial charge in [-0.3, -0.25) is 0 Å². The van der Waals surface area contributed by atoms with E-state index in [1.54, 1.807) is 0 Å². The van der Waals surface area contributed by atoms with E-state index in [0.717, 1.165) is 12.4 Å². The first kappa shape index (κ1) is 11.8. The molecule has 0 aromatic carbocycles. The topological polar surface area (TPSA) is 68.0 Å². The van der Waals surface area contributed by atoms with Gasteiger partial charge in [0, 0.05) is 6.54 Å². The van der Waals surface area contributed by atoms with Gasteiger partial charge in [-0.15, -0.1) is 14.8 Å². The van der Waals surface area contributed by atoms with Crippen LogP contribution in [-0.2, 0) is 0 Å². The molecule has 17 heavy (non-hydrogen) atoms. The first-order valence-corrected chi connectivity index (χ1v) is 5.76. The SMILES string of the molecule is CC(CNc1ccc2nnnn2n1)C(C)(C)C. The summed E-state index contributed by atoms with van der Waals surface area (Å²) in [5, 5.41) is 18.7. The van der Waals surface area contributed by atoms with Gasteiger partial charge in [-0.25, -0.2) is 0 Å². The largest absolute Gasteiger partial charge is 0.368 e. The fraction of sp³-hybridized carbons (Fsp3) is 0.636. The highest BCUT2D eigenvalue weighted by Crippen LogP contribution is 2.25. The Morgan fingerprint density at radius 3 is 2.82 bits per heavy atom. The van der Waals surface area contributed by atoms with Crippen LogP contribution in [0.3, 0.4) is 0 Å². The standard InChI is InChI=1S/C11H18N6/c1-8(11(2,3)4)7-12-9-5-6-10-13-15-16-17(10)14-9/h5-6,8H,7H2,1-4H3,(H,12,14). The monoisotopic (exact) mass is 234 g/mol. The first-order chi connectivity index (χ1) is 7.97. The molecule has 2 aromatic heterocycles. The Morgan fingerprint density at radius 2 is 2.12 bits per heavy atom. The zero-order valence-electron chi connectivity index (χ0n) is 10.7. The van der Waals surface area contributed by atoms with Crippen molar-refractivity contribution in [1.29, 1.82) is 0 Å². The van der Waals surface area contributed by atoms with Gasteiger partial charge in [-0.1, -0.05) is 27.7 Å². The third kappa shape index (κ3) is 2.69. The molecule has 2 heterocycles. The van der Waals surface area contributed by atoms with Crippen molar-refractivity contribution in [2.75, 3.05) is 11.9 Å². The third-order valence-electron chi connectivity index (χ3n) is 3.14. The van der Waals surface area contributed by atoms with E-state index >= 15 is 0 Å². The molecule has 1 N–H and O–H groups in total. The maximum Gasteiger partial charge on any atom is 0.200 e. The van der Waals surface area contributed by atoms with Crippen molar-refractivity contribution in [2.45, 2.75) is 27.7 Å². The van der Waals surface area contributed by atoms with Gasteiger partial charge in [0.15, 0.2) is 5.65 Å². The molecule has 0 aliphatic heterocycles. The maximum atomic E-state index is 4.26. The van der Waals surface area contributed by atoms with E-state index in [1.165, 1.54) is 4.63 Å². The molecular weight excluding hydrogens is 216 g/mol. The normalized spacial score (nSPS) is 13.9. The van der Waals surface area contributed by atoms with Crippen LogP contribution in [-0.4, -0.2) is 31.8 Å². The minimum absolute atomic E-state index is 0.284. The van der Waals surface area contributed by atoms with Crippen molar-refractivity contribution in [3.05, 3.63) is 12.1 Å². The molecule has 0 bridgehead atoms. The molecule has 0 fully saturated rings. The number of anilines is 1. The molecule has 1 atom stereocenters. The van der Waals surface area contributed by atoms with Crippen molar-refractivity contribution in [2.24, 2.45) is 11.3 Å². The van der Waals surface area contributed by atoms with E-state index in [4.69, 9.17) is 0 Å². The van der Waals surface area contributed by atoms with Gasteiger partial charge in [0.05, 0.1) is 0 Å². The number of nitrogens with zero attached hydrogens (tertiary/aromatic N) is 5. The minimum Gasteiger partial charge on any atom is -0.368 e. The van der Waals surface area contributed by atoms with E-state index in [-0.39, 0.29) is 5.41 Å². The van der Waals surface area contributed by atoms with Crippen molar-refractivity contribution in [3.8, 4) is 0 Å². The molecule has 0 radical (unpaired) electrons. The Morgan fingerprint density at radius 1 is 1.35 bits per heavy atom. The molecule has 1 unspecified atom stereocenters. The van der Waals surface area contributed by atoms with Gasteiger partial charge in [-0.2, -0.15) is 0 Å². The van der Waals surface area contributed by atoms with Crippen LogP contribution in [0.5, 0.6) is 0 Å². The fourth-order valence-electron chi connectivity index (χ4n) is 1.31. The number of fused-ring (bicyclic) bond motifs is 1. The summed E-state index contributed by atoms with van der Waals surface area (Å²) < 4.78 is 1.42.